The van der Waals surface area contributed by atoms with Gasteiger partial charge in [0.05, 0.1) is 19.8 Å². The molecule has 0 bridgehead atoms. The van der Waals surface area contributed by atoms with E-state index in [1.54, 1.807) is 0 Å². The van der Waals surface area contributed by atoms with Gasteiger partial charge in [-0.2, -0.15) is 5.26 Å². The van der Waals surface area contributed by atoms with E-state index < -0.39 is 0 Å². The summed E-state index contributed by atoms with van der Waals surface area (Å²) in [6.07, 6.45) is 2.19. The van der Waals surface area contributed by atoms with Crippen LogP contribution in [0, 0.1) is 11.3 Å². The highest BCUT2D eigenvalue weighted by molar-refractivity contribution is 5.97. The van der Waals surface area contributed by atoms with E-state index in [2.05, 4.69) is 10.6 Å². The Kier molecular flexibility index (Phi) is 9.91. The summed E-state index contributed by atoms with van der Waals surface area (Å²) in [6.45, 7) is 3.65. The van der Waals surface area contributed by atoms with Crippen LogP contribution in [0.25, 0.3) is 0 Å². The molecule has 0 aliphatic rings. The van der Waals surface area contributed by atoms with Gasteiger partial charge in [-0.3, -0.25) is 4.79 Å². The molecule has 0 aromatic heterocycles. The van der Waals surface area contributed by atoms with Crippen LogP contribution in [0.2, 0.25) is 0 Å². The third kappa shape index (κ3) is 8.25. The predicted octanol–water partition coefficient (Wildman–Crippen LogP) is -0.481. The van der Waals surface area contributed by atoms with Gasteiger partial charge in [0.15, 0.2) is 0 Å². The van der Waals surface area contributed by atoms with Gasteiger partial charge in [-0.15, -0.1) is 0 Å². The van der Waals surface area contributed by atoms with Crippen LogP contribution >= 0.6 is 0 Å². The van der Waals surface area contributed by atoms with Gasteiger partial charge >= 0.3 is 0 Å². The molecule has 6 heteroatoms. The zero-order valence-electron chi connectivity index (χ0n) is 10.0. The molecule has 0 unspecified atom stereocenters. The van der Waals surface area contributed by atoms with Gasteiger partial charge in [-0.05, 0) is 6.42 Å². The Hall–Kier alpha value is -1.58. The number of hydrogen-bond donors (Lipinski definition) is 3. The monoisotopic (exact) mass is 241 g/mol. The molecule has 0 radical (unpaired) electrons. The van der Waals surface area contributed by atoms with Crippen molar-refractivity contribution in [2.45, 2.75) is 13.3 Å². The molecular weight excluding hydrogens is 222 g/mol. The molecule has 0 aliphatic carbocycles. The molecule has 0 fully saturated rings. The lowest BCUT2D eigenvalue weighted by molar-refractivity contribution is -0.117. The number of rotatable bonds is 9. The average Bonchev–Trinajstić information content (AvgIpc) is 2.35. The van der Waals surface area contributed by atoms with E-state index in [9.17, 15) is 4.79 Å². The van der Waals surface area contributed by atoms with Gasteiger partial charge in [-0.1, -0.05) is 6.92 Å². The van der Waals surface area contributed by atoms with Crippen LogP contribution in [-0.2, 0) is 9.53 Å². The van der Waals surface area contributed by atoms with E-state index in [1.807, 2.05) is 13.0 Å². The van der Waals surface area contributed by atoms with Crippen molar-refractivity contribution in [2.75, 3.05) is 32.9 Å². The number of carbonyl (C=O) groups is 1. The third-order valence-corrected chi connectivity index (χ3v) is 1.77. The second kappa shape index (κ2) is 10.9. The van der Waals surface area contributed by atoms with E-state index in [0.29, 0.717) is 19.7 Å². The molecule has 0 heterocycles. The molecule has 0 spiro atoms. The lowest BCUT2D eigenvalue weighted by atomic mass is 10.3. The summed E-state index contributed by atoms with van der Waals surface area (Å²) < 4.78 is 5.00. The van der Waals surface area contributed by atoms with E-state index in [4.69, 9.17) is 15.1 Å². The largest absolute Gasteiger partial charge is 0.394 e. The fourth-order valence-corrected chi connectivity index (χ4v) is 0.954. The fraction of sp³-hybridized carbons (Fsp3) is 0.636. The van der Waals surface area contributed by atoms with Crippen molar-refractivity contribution in [1.82, 2.24) is 10.6 Å². The zero-order valence-corrected chi connectivity index (χ0v) is 10.0. The number of aliphatic hydroxyl groups excluding tert-OH is 1. The summed E-state index contributed by atoms with van der Waals surface area (Å²) in [5.74, 6) is -0.377. The van der Waals surface area contributed by atoms with E-state index in [0.717, 1.165) is 6.42 Å². The molecule has 0 aliphatic heterocycles. The molecule has 6 nitrogen and oxygen atoms in total. The Morgan fingerprint density at radius 1 is 1.47 bits per heavy atom. The zero-order chi connectivity index (χ0) is 12.9. The van der Waals surface area contributed by atoms with Crippen molar-refractivity contribution >= 4 is 5.91 Å². The highest BCUT2D eigenvalue weighted by Gasteiger charge is 2.06. The van der Waals surface area contributed by atoms with Gasteiger partial charge in [-0.25, -0.2) is 0 Å². The minimum atomic E-state index is -0.377. The molecule has 0 aromatic rings. The number of ether oxygens (including phenoxy) is 1. The highest BCUT2D eigenvalue weighted by atomic mass is 16.5. The number of nitrogens with zero attached hydrogens (tertiary/aromatic N) is 1. The molecule has 17 heavy (non-hydrogen) atoms. The van der Waals surface area contributed by atoms with Crippen molar-refractivity contribution in [1.29, 1.82) is 5.26 Å². The van der Waals surface area contributed by atoms with Crippen molar-refractivity contribution < 1.29 is 14.6 Å². The maximum Gasteiger partial charge on any atom is 0.263 e. The molecule has 0 saturated carbocycles. The summed E-state index contributed by atoms with van der Waals surface area (Å²) >= 11 is 0. The minimum Gasteiger partial charge on any atom is -0.394 e. The van der Waals surface area contributed by atoms with Crippen LogP contribution in [0.1, 0.15) is 13.3 Å². The number of aliphatic hydroxyl groups is 1. The standard InChI is InChI=1S/C11H19N3O3/c1-2-3-14-11(16)10(8-12)9-13-4-6-17-7-5-15/h9,13,15H,2-7H2,1H3,(H,14,16)/b10-9-. The van der Waals surface area contributed by atoms with Crippen molar-refractivity contribution in [3.63, 3.8) is 0 Å². The maximum atomic E-state index is 11.4. The first-order valence-electron chi connectivity index (χ1n) is 5.56. The average molecular weight is 241 g/mol. The molecule has 0 atom stereocenters. The van der Waals surface area contributed by atoms with Crippen molar-refractivity contribution in [3.8, 4) is 6.07 Å². The molecule has 0 rings (SSSR count). The molecular formula is C11H19N3O3. The number of amides is 1. The second-order valence-corrected chi connectivity index (χ2v) is 3.22. The lowest BCUT2D eigenvalue weighted by Gasteiger charge is -2.04. The molecule has 1 amide bonds. The van der Waals surface area contributed by atoms with Gasteiger partial charge in [0.2, 0.25) is 0 Å². The maximum absolute atomic E-state index is 11.4. The molecule has 3 N–H and O–H groups in total. The van der Waals surface area contributed by atoms with E-state index in [-0.39, 0.29) is 24.7 Å². The number of hydrogen-bond acceptors (Lipinski definition) is 5. The SMILES string of the molecule is CCCNC(=O)/C(C#N)=C\NCCOCCO. The first kappa shape index (κ1) is 15.4. The second-order valence-electron chi connectivity index (χ2n) is 3.22. The third-order valence-electron chi connectivity index (χ3n) is 1.77. The quantitative estimate of drug-likeness (QED) is 0.288. The van der Waals surface area contributed by atoms with E-state index >= 15 is 0 Å². The highest BCUT2D eigenvalue weighted by Crippen LogP contribution is 1.90. The Balaban J connectivity index is 3.85. The van der Waals surface area contributed by atoms with Crippen LogP contribution in [0.15, 0.2) is 11.8 Å². The van der Waals surface area contributed by atoms with Gasteiger partial charge in [0.25, 0.3) is 5.91 Å². The fourth-order valence-electron chi connectivity index (χ4n) is 0.954. The van der Waals surface area contributed by atoms with Crippen LogP contribution in [0.3, 0.4) is 0 Å². The Morgan fingerprint density at radius 3 is 2.82 bits per heavy atom. The van der Waals surface area contributed by atoms with Gasteiger partial charge in [0.1, 0.15) is 11.6 Å². The number of nitriles is 1. The summed E-state index contributed by atoms with van der Waals surface area (Å²) in [5.41, 5.74) is 0.0422. The van der Waals surface area contributed by atoms with Gasteiger partial charge < -0.3 is 20.5 Å². The topological polar surface area (TPSA) is 94.4 Å². The van der Waals surface area contributed by atoms with E-state index in [1.165, 1.54) is 6.20 Å². The molecule has 0 saturated heterocycles. The van der Waals surface area contributed by atoms with Crippen molar-refractivity contribution in [3.05, 3.63) is 11.8 Å². The first-order chi connectivity index (χ1) is 8.26. The lowest BCUT2D eigenvalue weighted by Crippen LogP contribution is -2.26. The summed E-state index contributed by atoms with van der Waals surface area (Å²) in [7, 11) is 0. The summed E-state index contributed by atoms with van der Waals surface area (Å²) in [6, 6.07) is 1.82. The summed E-state index contributed by atoms with van der Waals surface area (Å²) in [5, 5.41) is 22.6. The number of carbonyl (C=O) groups excluding carboxylic acids is 1. The molecule has 0 aromatic carbocycles. The van der Waals surface area contributed by atoms with Crippen LogP contribution in [0.5, 0.6) is 0 Å². The normalized spacial score (nSPS) is 10.8. The Bertz CT molecular complexity index is 284. The van der Waals surface area contributed by atoms with Crippen LogP contribution in [0.4, 0.5) is 0 Å². The van der Waals surface area contributed by atoms with Crippen LogP contribution in [-0.4, -0.2) is 43.9 Å². The first-order valence-corrected chi connectivity index (χ1v) is 5.56. The summed E-state index contributed by atoms with van der Waals surface area (Å²) in [4.78, 5) is 11.4. The van der Waals surface area contributed by atoms with Crippen LogP contribution < -0.4 is 10.6 Å². The predicted molar refractivity (Wildman–Crippen MR) is 62.9 cm³/mol. The Labute approximate surface area is 101 Å². The molecule has 96 valence electrons. The smallest absolute Gasteiger partial charge is 0.263 e. The van der Waals surface area contributed by atoms with Gasteiger partial charge in [0, 0.05) is 19.3 Å². The minimum absolute atomic E-state index is 0.0152. The number of nitrogens with one attached hydrogen (secondary N) is 2. The van der Waals surface area contributed by atoms with Crippen molar-refractivity contribution in [2.24, 2.45) is 0 Å². The Morgan fingerprint density at radius 2 is 2.24 bits per heavy atom.